The number of nitrogens with one attached hydrogen (secondary N) is 1. The summed E-state index contributed by atoms with van der Waals surface area (Å²) in [6.07, 6.45) is 7.18. The molecule has 0 saturated carbocycles. The average Bonchev–Trinajstić information content (AvgIpc) is 2.63. The van der Waals surface area contributed by atoms with Crippen molar-refractivity contribution in [3.05, 3.63) is 71.7 Å². The van der Waals surface area contributed by atoms with E-state index in [1.54, 1.807) is 18.6 Å². The predicted octanol–water partition coefficient (Wildman–Crippen LogP) is 6.13. The molecule has 2 heterocycles. The highest BCUT2D eigenvalue weighted by molar-refractivity contribution is 6.31. The Bertz CT molecular complexity index is 815. The quantitative estimate of drug-likeness (QED) is 0.618. The van der Waals surface area contributed by atoms with Gasteiger partial charge in [0.1, 0.15) is 11.6 Å². The third-order valence-electron chi connectivity index (χ3n) is 3.35. The second-order valence-corrected chi connectivity index (χ2v) is 5.63. The Hall–Kier alpha value is -2.53. The maximum atomic E-state index is 13.7. The Morgan fingerprint density at radius 2 is 2.00 bits per heavy atom. The maximum absolute atomic E-state index is 13.7. The highest BCUT2D eigenvalue weighted by atomic mass is 35.5. The highest BCUT2D eigenvalue weighted by Crippen LogP contribution is 2.26. The number of nitrogens with zero attached hydrogens (tertiary/aromatic N) is 3. The van der Waals surface area contributed by atoms with Crippen LogP contribution in [-0.2, 0) is 6.42 Å². The van der Waals surface area contributed by atoms with Gasteiger partial charge in [0.25, 0.3) is 0 Å². The van der Waals surface area contributed by atoms with E-state index in [0.717, 1.165) is 23.2 Å². The van der Waals surface area contributed by atoms with Crippen LogP contribution in [-0.4, -0.2) is 15.0 Å². The zero-order chi connectivity index (χ0) is 19.7. The summed E-state index contributed by atoms with van der Waals surface area (Å²) in [5.41, 5.74) is 2.85. The highest BCUT2D eigenvalue weighted by Gasteiger charge is 2.13. The van der Waals surface area contributed by atoms with Gasteiger partial charge in [-0.15, -0.1) is 0 Å². The summed E-state index contributed by atoms with van der Waals surface area (Å²) in [5, 5.41) is 3.43. The summed E-state index contributed by atoms with van der Waals surface area (Å²) in [6, 6.07) is 1.85. The van der Waals surface area contributed by atoms with E-state index in [1.807, 2.05) is 33.8 Å². The van der Waals surface area contributed by atoms with Gasteiger partial charge in [-0.25, -0.2) is 14.4 Å². The van der Waals surface area contributed by atoms with Crippen LogP contribution in [0.2, 0.25) is 0 Å². The second kappa shape index (κ2) is 10.5. The van der Waals surface area contributed by atoms with Gasteiger partial charge < -0.3 is 5.32 Å². The molecule has 26 heavy (non-hydrogen) atoms. The van der Waals surface area contributed by atoms with Crippen molar-refractivity contribution in [3.63, 3.8) is 0 Å². The van der Waals surface area contributed by atoms with Gasteiger partial charge in [-0.05, 0) is 31.1 Å². The van der Waals surface area contributed by atoms with Gasteiger partial charge in [0.15, 0.2) is 5.82 Å². The van der Waals surface area contributed by atoms with Crippen LogP contribution in [0, 0.1) is 6.92 Å². The molecule has 0 atom stereocenters. The van der Waals surface area contributed by atoms with Crippen LogP contribution >= 0.6 is 11.6 Å². The summed E-state index contributed by atoms with van der Waals surface area (Å²) in [6.45, 7) is 14.8. The summed E-state index contributed by atoms with van der Waals surface area (Å²) >= 11 is 5.76. The van der Waals surface area contributed by atoms with Crippen molar-refractivity contribution >= 4 is 28.7 Å². The first-order valence-corrected chi connectivity index (χ1v) is 8.75. The predicted molar refractivity (Wildman–Crippen MR) is 108 cm³/mol. The van der Waals surface area contributed by atoms with Gasteiger partial charge in [-0.3, -0.25) is 4.98 Å². The minimum atomic E-state index is -0.674. The number of pyridine rings is 1. The van der Waals surface area contributed by atoms with Gasteiger partial charge >= 0.3 is 0 Å². The average molecular weight is 375 g/mol. The second-order valence-electron chi connectivity index (χ2n) is 5.15. The van der Waals surface area contributed by atoms with Crippen LogP contribution < -0.4 is 5.32 Å². The molecule has 2 aromatic heterocycles. The lowest BCUT2D eigenvalue weighted by atomic mass is 10.1. The van der Waals surface area contributed by atoms with Gasteiger partial charge in [-0.1, -0.05) is 45.5 Å². The molecule has 0 spiro atoms. The minimum absolute atomic E-state index is 0.104. The van der Waals surface area contributed by atoms with Crippen LogP contribution in [0.3, 0.4) is 0 Å². The van der Waals surface area contributed by atoms with Crippen LogP contribution in [0.1, 0.15) is 37.7 Å². The molecule has 0 aliphatic rings. The number of aryl methyl sites for hydroxylation is 2. The molecule has 0 aliphatic heterocycles. The van der Waals surface area contributed by atoms with Crippen LogP contribution in [0.5, 0.6) is 0 Å². The smallest absolute Gasteiger partial charge is 0.164 e. The molecule has 0 aliphatic carbocycles. The van der Waals surface area contributed by atoms with E-state index >= 15 is 0 Å². The lowest BCUT2D eigenvalue weighted by Crippen LogP contribution is -2.05. The fourth-order valence-corrected chi connectivity index (χ4v) is 2.17. The van der Waals surface area contributed by atoms with Crippen molar-refractivity contribution in [2.24, 2.45) is 0 Å². The molecular formula is C20H24ClFN4. The number of rotatable bonds is 6. The standard InChI is InChI=1S/C18H18ClFN4.C2H6/c1-5-14-10-22-18(15(13(4)20)8-12(3)19)24-17(14)23-16-6-7-21-9-11(16)2;1-2/h6-10H,3-5H2,1-2H3,(H,21,22,23,24);1-2H3/b15-8+;. The summed E-state index contributed by atoms with van der Waals surface area (Å²) in [5.74, 6) is 0.118. The lowest BCUT2D eigenvalue weighted by Gasteiger charge is -2.13. The normalized spacial score (nSPS) is 10.6. The van der Waals surface area contributed by atoms with Crippen molar-refractivity contribution in [3.8, 4) is 0 Å². The lowest BCUT2D eigenvalue weighted by molar-refractivity contribution is 0.676. The maximum Gasteiger partial charge on any atom is 0.164 e. The van der Waals surface area contributed by atoms with Crippen molar-refractivity contribution < 1.29 is 4.39 Å². The van der Waals surface area contributed by atoms with Gasteiger partial charge in [0.2, 0.25) is 0 Å². The Kier molecular flexibility index (Phi) is 8.65. The fourth-order valence-electron chi connectivity index (χ4n) is 2.07. The van der Waals surface area contributed by atoms with Gasteiger partial charge in [0.05, 0.1) is 5.57 Å². The van der Waals surface area contributed by atoms with E-state index in [2.05, 4.69) is 33.4 Å². The fraction of sp³-hybridized carbons (Fsp3) is 0.250. The van der Waals surface area contributed by atoms with E-state index in [9.17, 15) is 4.39 Å². The van der Waals surface area contributed by atoms with E-state index in [1.165, 1.54) is 6.08 Å². The van der Waals surface area contributed by atoms with Crippen LogP contribution in [0.4, 0.5) is 15.9 Å². The molecule has 0 aromatic carbocycles. The van der Waals surface area contributed by atoms with Crippen molar-refractivity contribution in [2.45, 2.75) is 34.1 Å². The zero-order valence-corrected chi connectivity index (χ0v) is 16.4. The first-order chi connectivity index (χ1) is 12.4. The Balaban J connectivity index is 0.00000163. The molecule has 1 N–H and O–H groups in total. The van der Waals surface area contributed by atoms with Crippen LogP contribution in [0.25, 0.3) is 5.57 Å². The Labute approximate surface area is 159 Å². The molecule has 0 unspecified atom stereocenters. The third kappa shape index (κ3) is 5.77. The number of hydrogen-bond donors (Lipinski definition) is 1. The molecule has 2 aromatic rings. The number of anilines is 2. The number of hydrogen-bond acceptors (Lipinski definition) is 4. The van der Waals surface area contributed by atoms with Crippen molar-refractivity contribution in [1.82, 2.24) is 15.0 Å². The molecule has 4 nitrogen and oxygen atoms in total. The molecule has 2 rings (SSSR count). The van der Waals surface area contributed by atoms with Crippen molar-refractivity contribution in [2.75, 3.05) is 5.32 Å². The number of allylic oxidation sites excluding steroid dienone is 4. The third-order valence-corrected chi connectivity index (χ3v) is 3.46. The largest absolute Gasteiger partial charge is 0.340 e. The van der Waals surface area contributed by atoms with E-state index in [4.69, 9.17) is 11.6 Å². The topological polar surface area (TPSA) is 50.7 Å². The monoisotopic (exact) mass is 374 g/mol. The molecule has 0 radical (unpaired) electrons. The first kappa shape index (κ1) is 21.5. The summed E-state index contributed by atoms with van der Waals surface area (Å²) in [7, 11) is 0. The van der Waals surface area contributed by atoms with E-state index in [-0.39, 0.29) is 16.4 Å². The Morgan fingerprint density at radius 3 is 2.54 bits per heavy atom. The minimum Gasteiger partial charge on any atom is -0.340 e. The van der Waals surface area contributed by atoms with Gasteiger partial charge in [0, 0.05) is 34.9 Å². The summed E-state index contributed by atoms with van der Waals surface area (Å²) < 4.78 is 13.7. The van der Waals surface area contributed by atoms with Crippen LogP contribution in [0.15, 0.2) is 54.7 Å². The Morgan fingerprint density at radius 1 is 1.31 bits per heavy atom. The molecule has 0 fully saturated rings. The molecule has 0 amide bonds. The number of halogens is 2. The number of aromatic nitrogens is 3. The molecule has 0 bridgehead atoms. The summed E-state index contributed by atoms with van der Waals surface area (Å²) in [4.78, 5) is 12.7. The zero-order valence-electron chi connectivity index (χ0n) is 15.6. The molecular weight excluding hydrogens is 351 g/mol. The molecule has 0 saturated heterocycles. The first-order valence-electron chi connectivity index (χ1n) is 8.37. The molecule has 6 heteroatoms. The SMILES string of the molecule is C=C(Cl)/C=C(\C(=C)F)c1ncc(CC)c(Nc2ccncc2C)n1.CC. The van der Waals surface area contributed by atoms with Gasteiger partial charge in [-0.2, -0.15) is 0 Å². The molecule has 138 valence electrons. The van der Waals surface area contributed by atoms with Crippen molar-refractivity contribution in [1.29, 1.82) is 0 Å². The van der Waals surface area contributed by atoms with E-state index in [0.29, 0.717) is 5.82 Å². The van der Waals surface area contributed by atoms with E-state index < -0.39 is 5.83 Å².